The smallest absolute Gasteiger partial charge is 0.307 e. The second-order valence-electron chi connectivity index (χ2n) is 9.62. The number of carbonyl (C=O) groups excluding carboxylic acids is 1. The molecule has 2 N–H and O–H groups in total. The van der Waals surface area contributed by atoms with E-state index in [4.69, 9.17) is 9.47 Å². The lowest BCUT2D eigenvalue weighted by Gasteiger charge is -2.28. The third-order valence-electron chi connectivity index (χ3n) is 6.47. The minimum atomic E-state index is -0.274. The van der Waals surface area contributed by atoms with E-state index in [1.807, 2.05) is 59.5 Å². The summed E-state index contributed by atoms with van der Waals surface area (Å²) >= 11 is 1.00. The Bertz CT molecular complexity index is 1530. The minimum absolute atomic E-state index is 0.0137. The summed E-state index contributed by atoms with van der Waals surface area (Å²) < 4.78 is 11.5. The zero-order valence-electron chi connectivity index (χ0n) is 21.9. The molecular formula is C31H30N2O5S. The van der Waals surface area contributed by atoms with Crippen LogP contribution in [0.2, 0.25) is 0 Å². The van der Waals surface area contributed by atoms with Gasteiger partial charge in [-0.25, -0.2) is 0 Å². The van der Waals surface area contributed by atoms with Gasteiger partial charge in [0.05, 0.1) is 18.1 Å². The van der Waals surface area contributed by atoms with Gasteiger partial charge in [0.25, 0.3) is 5.91 Å². The van der Waals surface area contributed by atoms with E-state index in [1.54, 1.807) is 0 Å². The van der Waals surface area contributed by atoms with E-state index < -0.39 is 0 Å². The Balaban J connectivity index is 1.35. The maximum absolute atomic E-state index is 13.6. The van der Waals surface area contributed by atoms with E-state index in [2.05, 4.69) is 37.0 Å². The van der Waals surface area contributed by atoms with Crippen LogP contribution < -0.4 is 9.61 Å². The van der Waals surface area contributed by atoms with Crippen molar-refractivity contribution < 1.29 is 19.4 Å². The van der Waals surface area contributed by atoms with Gasteiger partial charge in [0.15, 0.2) is 0 Å². The standard InChI is InChI=1S/C31H30N2O5S/c1-20-15-21(2)17-23(16-20)18-27(30(35)33-11-13-37-14-12-33)24-5-9-26(10-6-24)38-25-7-3-22(4-8-25)19-28-29(34)32-31(36)39-28/h3-10,15-18,34H,11-14,19H2,1-2H3,(H,32,36). The predicted molar refractivity (Wildman–Crippen MR) is 154 cm³/mol. The predicted octanol–water partition coefficient (Wildman–Crippen LogP) is 5.54. The third-order valence-corrected chi connectivity index (χ3v) is 7.34. The molecule has 0 aliphatic carbocycles. The fourth-order valence-corrected chi connectivity index (χ4v) is 5.39. The lowest BCUT2D eigenvalue weighted by atomic mass is 9.99. The molecule has 1 aromatic heterocycles. The van der Waals surface area contributed by atoms with E-state index in [-0.39, 0.29) is 16.7 Å². The molecule has 0 spiro atoms. The molecule has 5 rings (SSSR count). The molecule has 0 bridgehead atoms. The molecule has 200 valence electrons. The average molecular weight is 543 g/mol. The van der Waals surface area contributed by atoms with Gasteiger partial charge in [-0.3, -0.25) is 14.6 Å². The molecule has 1 saturated heterocycles. The van der Waals surface area contributed by atoms with Crippen LogP contribution in [0.3, 0.4) is 0 Å². The van der Waals surface area contributed by atoms with Gasteiger partial charge in [-0.1, -0.05) is 64.9 Å². The van der Waals surface area contributed by atoms with Crippen LogP contribution >= 0.6 is 11.3 Å². The quantitative estimate of drug-likeness (QED) is 0.236. The monoisotopic (exact) mass is 542 g/mol. The zero-order chi connectivity index (χ0) is 27.4. The van der Waals surface area contributed by atoms with Crippen LogP contribution in [0.5, 0.6) is 17.4 Å². The van der Waals surface area contributed by atoms with Crippen molar-refractivity contribution in [2.24, 2.45) is 0 Å². The fourth-order valence-electron chi connectivity index (χ4n) is 4.64. The number of aromatic nitrogens is 1. The molecule has 2 heterocycles. The molecule has 39 heavy (non-hydrogen) atoms. The first-order valence-corrected chi connectivity index (χ1v) is 13.6. The van der Waals surface area contributed by atoms with Crippen LogP contribution in [0.4, 0.5) is 0 Å². The van der Waals surface area contributed by atoms with Gasteiger partial charge in [0, 0.05) is 25.1 Å². The maximum Gasteiger partial charge on any atom is 0.307 e. The number of nitrogens with zero attached hydrogens (tertiary/aromatic N) is 1. The number of aryl methyl sites for hydroxylation is 2. The summed E-state index contributed by atoms with van der Waals surface area (Å²) in [7, 11) is 0. The van der Waals surface area contributed by atoms with Crippen molar-refractivity contribution in [3.05, 3.63) is 109 Å². The zero-order valence-corrected chi connectivity index (χ0v) is 22.7. The molecule has 0 saturated carbocycles. The number of aromatic amines is 1. The molecule has 7 nitrogen and oxygen atoms in total. The number of carbonyl (C=O) groups is 1. The van der Waals surface area contributed by atoms with Crippen LogP contribution in [0.15, 0.2) is 71.5 Å². The molecule has 1 aliphatic rings. The first-order valence-electron chi connectivity index (χ1n) is 12.8. The van der Waals surface area contributed by atoms with Gasteiger partial charge in [0.1, 0.15) is 11.5 Å². The van der Waals surface area contributed by atoms with E-state index in [9.17, 15) is 14.7 Å². The molecule has 1 amide bonds. The van der Waals surface area contributed by atoms with Gasteiger partial charge < -0.3 is 19.5 Å². The first-order chi connectivity index (χ1) is 18.8. The number of hydrogen-bond donors (Lipinski definition) is 2. The molecule has 8 heteroatoms. The summed E-state index contributed by atoms with van der Waals surface area (Å²) in [6.07, 6.45) is 2.42. The number of benzene rings is 3. The average Bonchev–Trinajstić information content (AvgIpc) is 3.24. The number of morpholine rings is 1. The van der Waals surface area contributed by atoms with Gasteiger partial charge >= 0.3 is 4.87 Å². The fraction of sp³-hybridized carbons (Fsp3) is 0.226. The Morgan fingerprint density at radius 3 is 2.21 bits per heavy atom. The van der Waals surface area contributed by atoms with Crippen molar-refractivity contribution in [1.29, 1.82) is 0 Å². The highest BCUT2D eigenvalue weighted by Crippen LogP contribution is 2.28. The summed E-state index contributed by atoms with van der Waals surface area (Å²) in [6, 6.07) is 21.3. The van der Waals surface area contributed by atoms with Crippen molar-refractivity contribution in [3.8, 4) is 17.4 Å². The summed E-state index contributed by atoms with van der Waals surface area (Å²) in [6.45, 7) is 6.34. The summed E-state index contributed by atoms with van der Waals surface area (Å²) in [5.74, 6) is 1.22. The lowest BCUT2D eigenvalue weighted by molar-refractivity contribution is -0.128. The van der Waals surface area contributed by atoms with Gasteiger partial charge in [-0.2, -0.15) is 0 Å². The highest BCUT2D eigenvalue weighted by Gasteiger charge is 2.22. The maximum atomic E-state index is 13.6. The SMILES string of the molecule is Cc1cc(C)cc(C=C(C(=O)N2CCOCC2)c2ccc(Oc3ccc(Cc4sc(=O)[nH]c4O)cc3)cc2)c1. The Morgan fingerprint density at radius 1 is 1.00 bits per heavy atom. The molecule has 3 aromatic carbocycles. The highest BCUT2D eigenvalue weighted by molar-refractivity contribution is 7.09. The molecule has 0 atom stereocenters. The minimum Gasteiger partial charge on any atom is -0.494 e. The first kappa shape index (κ1) is 26.5. The topological polar surface area (TPSA) is 91.9 Å². The van der Waals surface area contributed by atoms with E-state index >= 15 is 0 Å². The Kier molecular flexibility index (Phi) is 7.95. The largest absolute Gasteiger partial charge is 0.494 e. The van der Waals surface area contributed by atoms with E-state index in [0.29, 0.717) is 54.7 Å². The van der Waals surface area contributed by atoms with Crippen LogP contribution in [0.25, 0.3) is 11.6 Å². The number of H-pyrrole nitrogens is 1. The number of rotatable bonds is 7. The van der Waals surface area contributed by atoms with Gasteiger partial charge in [-0.15, -0.1) is 0 Å². The summed E-state index contributed by atoms with van der Waals surface area (Å²) in [4.78, 5) is 29.5. The van der Waals surface area contributed by atoms with Gasteiger partial charge in [-0.05, 0) is 60.9 Å². The van der Waals surface area contributed by atoms with Crippen LogP contribution in [-0.4, -0.2) is 47.2 Å². The van der Waals surface area contributed by atoms with Crippen molar-refractivity contribution in [2.45, 2.75) is 20.3 Å². The molecule has 0 radical (unpaired) electrons. The van der Waals surface area contributed by atoms with Crippen LogP contribution in [0, 0.1) is 13.8 Å². The third kappa shape index (κ3) is 6.66. The molecule has 4 aromatic rings. The van der Waals surface area contributed by atoms with Crippen molar-refractivity contribution in [3.63, 3.8) is 0 Å². The number of aromatic hydroxyl groups is 1. The lowest BCUT2D eigenvalue weighted by Crippen LogP contribution is -2.41. The Hall–Kier alpha value is -4.14. The second kappa shape index (κ2) is 11.7. The Labute approximate surface area is 231 Å². The molecular weight excluding hydrogens is 512 g/mol. The summed E-state index contributed by atoms with van der Waals surface area (Å²) in [5.41, 5.74) is 5.69. The van der Waals surface area contributed by atoms with Crippen LogP contribution in [0.1, 0.15) is 32.7 Å². The number of amides is 1. The number of nitrogens with one attached hydrogen (secondary N) is 1. The van der Waals surface area contributed by atoms with Crippen molar-refractivity contribution in [2.75, 3.05) is 26.3 Å². The number of ether oxygens (including phenoxy) is 2. The second-order valence-corrected chi connectivity index (χ2v) is 10.7. The highest BCUT2D eigenvalue weighted by atomic mass is 32.1. The van der Waals surface area contributed by atoms with Gasteiger partial charge in [0.2, 0.25) is 5.88 Å². The molecule has 1 fully saturated rings. The van der Waals surface area contributed by atoms with E-state index in [0.717, 1.165) is 39.2 Å². The molecule has 1 aliphatic heterocycles. The van der Waals surface area contributed by atoms with Crippen molar-refractivity contribution >= 4 is 28.9 Å². The normalized spacial score (nSPS) is 13.9. The molecule has 0 unspecified atom stereocenters. The number of thiazole rings is 1. The number of hydrogen-bond acceptors (Lipinski definition) is 6. The Morgan fingerprint density at radius 2 is 1.62 bits per heavy atom. The van der Waals surface area contributed by atoms with Crippen LogP contribution in [-0.2, 0) is 16.0 Å². The van der Waals surface area contributed by atoms with E-state index in [1.165, 1.54) is 0 Å². The summed E-state index contributed by atoms with van der Waals surface area (Å²) in [5, 5.41) is 9.82. The van der Waals surface area contributed by atoms with Crippen molar-refractivity contribution in [1.82, 2.24) is 9.88 Å².